The first kappa shape index (κ1) is 6.92. The second kappa shape index (κ2) is 2.60. The van der Waals surface area contributed by atoms with Crippen LogP contribution in [0.15, 0.2) is 4.52 Å². The van der Waals surface area contributed by atoms with E-state index < -0.39 is 0 Å². The first-order valence-corrected chi connectivity index (χ1v) is 2.99. The number of aryl methyl sites for hydroxylation is 1. The summed E-state index contributed by atoms with van der Waals surface area (Å²) in [5.41, 5.74) is 0. The summed E-state index contributed by atoms with van der Waals surface area (Å²) in [5, 5.41) is 3.57. The smallest absolute Gasteiger partial charge is 0.223 e. The fourth-order valence-electron chi connectivity index (χ4n) is 0.561. The molecule has 0 saturated heterocycles. The van der Waals surface area contributed by atoms with Gasteiger partial charge >= 0.3 is 0 Å². The summed E-state index contributed by atoms with van der Waals surface area (Å²) in [6.45, 7) is 3.41. The number of hydrogen-bond donors (Lipinski definition) is 0. The minimum atomic E-state index is -0.266. The summed E-state index contributed by atoms with van der Waals surface area (Å²) in [6, 6.07) is 0. The van der Waals surface area contributed by atoms with Crippen LogP contribution in [0.1, 0.15) is 24.6 Å². The van der Waals surface area contributed by atoms with Crippen LogP contribution in [0.4, 0.5) is 0 Å². The molecule has 0 aromatic carbocycles. The molecule has 1 heterocycles. The molecule has 1 aromatic heterocycles. The zero-order chi connectivity index (χ0) is 7.56. The van der Waals surface area contributed by atoms with E-state index in [4.69, 9.17) is 0 Å². The highest BCUT2D eigenvalue weighted by Crippen LogP contribution is 2.06. The summed E-state index contributed by atoms with van der Waals surface area (Å²) in [6.07, 6.45) is 0.782. The molecule has 4 nitrogen and oxygen atoms in total. The lowest BCUT2D eigenvalue weighted by Gasteiger charge is -1.90. The van der Waals surface area contributed by atoms with Crippen molar-refractivity contribution in [3.63, 3.8) is 0 Å². The molecule has 0 aliphatic rings. The Balaban J connectivity index is 2.84. The molecule has 0 N–H and O–H groups in total. The van der Waals surface area contributed by atoms with Gasteiger partial charge in [-0.3, -0.25) is 0 Å². The molecule has 1 aromatic rings. The number of carbonyl (C=O) groups excluding carboxylic acids is 1. The van der Waals surface area contributed by atoms with E-state index in [0.29, 0.717) is 11.7 Å². The topological polar surface area (TPSA) is 56.0 Å². The maximum Gasteiger partial charge on any atom is 0.223 e. The van der Waals surface area contributed by atoms with E-state index in [1.807, 2.05) is 0 Å². The number of aromatic nitrogens is 2. The van der Waals surface area contributed by atoms with E-state index in [0.717, 1.165) is 6.29 Å². The van der Waals surface area contributed by atoms with Gasteiger partial charge in [-0.2, -0.15) is 4.98 Å². The van der Waals surface area contributed by atoms with Crippen LogP contribution >= 0.6 is 0 Å². The molecule has 10 heavy (non-hydrogen) atoms. The second-order valence-corrected chi connectivity index (χ2v) is 2.10. The molecule has 0 saturated carbocycles. The predicted octanol–water partition coefficient (Wildman–Crippen LogP) is 0.680. The molecule has 0 spiro atoms. The van der Waals surface area contributed by atoms with Crippen molar-refractivity contribution >= 4 is 6.29 Å². The standard InChI is InChI=1S/C6H8N2O2/c1-4(3-9)6-7-5(2)10-8-6/h3-4H,1-2H3. The molecule has 4 heteroatoms. The highest BCUT2D eigenvalue weighted by atomic mass is 16.5. The van der Waals surface area contributed by atoms with Gasteiger partial charge in [-0.1, -0.05) is 5.16 Å². The van der Waals surface area contributed by atoms with Crippen molar-refractivity contribution in [2.75, 3.05) is 0 Å². The SMILES string of the molecule is Cc1nc(C(C)C=O)no1. The molecule has 0 aliphatic carbocycles. The number of hydrogen-bond acceptors (Lipinski definition) is 4. The van der Waals surface area contributed by atoms with E-state index in [1.54, 1.807) is 13.8 Å². The van der Waals surface area contributed by atoms with Crippen LogP contribution in [-0.2, 0) is 4.79 Å². The predicted molar refractivity (Wildman–Crippen MR) is 33.5 cm³/mol. The van der Waals surface area contributed by atoms with Gasteiger partial charge in [-0.15, -0.1) is 0 Å². The monoisotopic (exact) mass is 140 g/mol. The van der Waals surface area contributed by atoms with Gasteiger partial charge in [0.1, 0.15) is 6.29 Å². The average molecular weight is 140 g/mol. The number of carbonyl (C=O) groups is 1. The van der Waals surface area contributed by atoms with Crippen LogP contribution in [0.25, 0.3) is 0 Å². The third-order valence-corrected chi connectivity index (χ3v) is 1.15. The van der Waals surface area contributed by atoms with Crippen LogP contribution < -0.4 is 0 Å². The first-order chi connectivity index (χ1) is 4.74. The molecule has 1 atom stereocenters. The van der Waals surface area contributed by atoms with E-state index in [2.05, 4.69) is 14.7 Å². The third-order valence-electron chi connectivity index (χ3n) is 1.15. The van der Waals surface area contributed by atoms with Crippen LogP contribution in [0.3, 0.4) is 0 Å². The van der Waals surface area contributed by atoms with Crippen molar-refractivity contribution < 1.29 is 9.32 Å². The molecular formula is C6H8N2O2. The molecule has 1 unspecified atom stereocenters. The van der Waals surface area contributed by atoms with Crippen LogP contribution in [-0.4, -0.2) is 16.4 Å². The highest BCUT2D eigenvalue weighted by molar-refractivity contribution is 5.58. The molecule has 0 fully saturated rings. The van der Waals surface area contributed by atoms with E-state index >= 15 is 0 Å². The lowest BCUT2D eigenvalue weighted by atomic mass is 10.2. The molecule has 54 valence electrons. The summed E-state index contributed by atoms with van der Waals surface area (Å²) in [5.74, 6) is 0.675. The van der Waals surface area contributed by atoms with Gasteiger partial charge in [0.15, 0.2) is 5.82 Å². The minimum Gasteiger partial charge on any atom is -0.340 e. The number of rotatable bonds is 2. The van der Waals surface area contributed by atoms with Gasteiger partial charge in [0.25, 0.3) is 0 Å². The van der Waals surface area contributed by atoms with Gasteiger partial charge in [-0.05, 0) is 6.92 Å². The van der Waals surface area contributed by atoms with Gasteiger partial charge in [-0.25, -0.2) is 0 Å². The van der Waals surface area contributed by atoms with Gasteiger partial charge in [0.05, 0.1) is 5.92 Å². The highest BCUT2D eigenvalue weighted by Gasteiger charge is 2.09. The molecule has 0 amide bonds. The Hall–Kier alpha value is -1.19. The molecule has 1 rings (SSSR count). The molecular weight excluding hydrogens is 132 g/mol. The van der Waals surface area contributed by atoms with Crippen molar-refractivity contribution in [2.24, 2.45) is 0 Å². The van der Waals surface area contributed by atoms with Crippen LogP contribution in [0, 0.1) is 6.92 Å². The summed E-state index contributed by atoms with van der Waals surface area (Å²) in [4.78, 5) is 14.1. The minimum absolute atomic E-state index is 0.266. The maximum atomic E-state index is 10.2. The van der Waals surface area contributed by atoms with Gasteiger partial charge in [0, 0.05) is 6.92 Å². The van der Waals surface area contributed by atoms with E-state index in [9.17, 15) is 4.79 Å². The van der Waals surface area contributed by atoms with Crippen LogP contribution in [0.5, 0.6) is 0 Å². The second-order valence-electron chi connectivity index (χ2n) is 2.10. The Kier molecular flexibility index (Phi) is 1.80. The van der Waals surface area contributed by atoms with Gasteiger partial charge < -0.3 is 9.32 Å². The average Bonchev–Trinajstić information content (AvgIpc) is 2.34. The number of aldehydes is 1. The van der Waals surface area contributed by atoms with Crippen molar-refractivity contribution in [2.45, 2.75) is 19.8 Å². The lowest BCUT2D eigenvalue weighted by Crippen LogP contribution is -1.96. The van der Waals surface area contributed by atoms with Crippen molar-refractivity contribution in [3.05, 3.63) is 11.7 Å². The summed E-state index contributed by atoms with van der Waals surface area (Å²) >= 11 is 0. The first-order valence-electron chi connectivity index (χ1n) is 2.99. The fourth-order valence-corrected chi connectivity index (χ4v) is 0.561. The fraction of sp³-hybridized carbons (Fsp3) is 0.500. The van der Waals surface area contributed by atoms with Crippen molar-refractivity contribution in [1.82, 2.24) is 10.1 Å². The summed E-state index contributed by atoms with van der Waals surface area (Å²) in [7, 11) is 0. The Morgan fingerprint density at radius 1 is 1.70 bits per heavy atom. The Bertz CT molecular complexity index is 231. The van der Waals surface area contributed by atoms with Gasteiger partial charge in [0.2, 0.25) is 5.89 Å². The summed E-state index contributed by atoms with van der Waals surface area (Å²) < 4.78 is 4.67. The number of nitrogens with zero attached hydrogens (tertiary/aromatic N) is 2. The normalized spacial score (nSPS) is 13.0. The quantitative estimate of drug-likeness (QED) is 0.567. The van der Waals surface area contributed by atoms with E-state index in [1.165, 1.54) is 0 Å². The third kappa shape index (κ3) is 1.21. The lowest BCUT2D eigenvalue weighted by molar-refractivity contribution is -0.108. The van der Waals surface area contributed by atoms with Crippen molar-refractivity contribution in [1.29, 1.82) is 0 Å². The molecule has 0 radical (unpaired) electrons. The van der Waals surface area contributed by atoms with Crippen LogP contribution in [0.2, 0.25) is 0 Å². The largest absolute Gasteiger partial charge is 0.340 e. The zero-order valence-electron chi connectivity index (χ0n) is 5.87. The molecule has 0 aliphatic heterocycles. The Morgan fingerprint density at radius 3 is 2.80 bits per heavy atom. The zero-order valence-corrected chi connectivity index (χ0v) is 5.87. The molecule has 0 bridgehead atoms. The van der Waals surface area contributed by atoms with E-state index in [-0.39, 0.29) is 5.92 Å². The Morgan fingerprint density at radius 2 is 2.40 bits per heavy atom. The Labute approximate surface area is 58.2 Å². The maximum absolute atomic E-state index is 10.2. The van der Waals surface area contributed by atoms with Crippen molar-refractivity contribution in [3.8, 4) is 0 Å².